The first-order valence-electron chi connectivity index (χ1n) is 12.7. The third-order valence-electron chi connectivity index (χ3n) is 6.49. The first-order valence-corrected chi connectivity index (χ1v) is 12.7. The molecule has 0 spiro atoms. The van der Waals surface area contributed by atoms with E-state index in [1.54, 1.807) is 18.2 Å². The largest absolute Gasteiger partial charge is 0.493 e. The lowest BCUT2D eigenvalue weighted by atomic mass is 9.90. The zero-order chi connectivity index (χ0) is 26.7. The summed E-state index contributed by atoms with van der Waals surface area (Å²) in [5, 5.41) is 0. The van der Waals surface area contributed by atoms with Crippen LogP contribution in [0.25, 0.3) is 0 Å². The van der Waals surface area contributed by atoms with Crippen LogP contribution in [0.2, 0.25) is 0 Å². The van der Waals surface area contributed by atoms with Gasteiger partial charge in [-0.15, -0.1) is 0 Å². The Morgan fingerprint density at radius 1 is 0.868 bits per heavy atom. The first kappa shape index (κ1) is 26.9. The van der Waals surface area contributed by atoms with Gasteiger partial charge in [-0.3, -0.25) is 9.69 Å². The molecule has 0 radical (unpaired) electrons. The summed E-state index contributed by atoms with van der Waals surface area (Å²) in [7, 11) is 1.53. The molecule has 4 aromatic carbocycles. The molecule has 0 aliphatic heterocycles. The predicted octanol–water partition coefficient (Wildman–Crippen LogP) is 6.04. The zero-order valence-electron chi connectivity index (χ0n) is 21.6. The van der Waals surface area contributed by atoms with Crippen LogP contribution in [0.4, 0.5) is 4.39 Å². The van der Waals surface area contributed by atoms with Gasteiger partial charge in [-0.2, -0.15) is 0 Å². The summed E-state index contributed by atoms with van der Waals surface area (Å²) in [4.78, 5) is 13.9. The molecule has 0 aliphatic rings. The highest BCUT2D eigenvalue weighted by Gasteiger charge is 2.19. The smallest absolute Gasteiger partial charge is 0.248 e. The highest BCUT2D eigenvalue weighted by molar-refractivity contribution is 5.93. The van der Waals surface area contributed by atoms with Gasteiger partial charge in [-0.05, 0) is 53.4 Å². The molecule has 38 heavy (non-hydrogen) atoms. The van der Waals surface area contributed by atoms with Crippen molar-refractivity contribution in [2.24, 2.45) is 5.73 Å². The lowest BCUT2D eigenvalue weighted by molar-refractivity contribution is 0.1000. The van der Waals surface area contributed by atoms with Crippen molar-refractivity contribution in [2.75, 3.05) is 26.8 Å². The SMILES string of the molecule is COc1cc(C(N)=O)ccc1OCCCN(Cc1ccc(F)cc1)CC(c1ccccc1)c1ccccc1. The summed E-state index contributed by atoms with van der Waals surface area (Å²) in [5.74, 6) is 0.459. The van der Waals surface area contributed by atoms with E-state index in [0.717, 1.165) is 25.1 Å². The molecule has 0 aromatic heterocycles. The van der Waals surface area contributed by atoms with E-state index in [9.17, 15) is 9.18 Å². The normalized spacial score (nSPS) is 11.1. The summed E-state index contributed by atoms with van der Waals surface area (Å²) >= 11 is 0. The number of hydrogen-bond donors (Lipinski definition) is 1. The number of hydrogen-bond acceptors (Lipinski definition) is 4. The fourth-order valence-electron chi connectivity index (χ4n) is 4.53. The summed E-state index contributed by atoms with van der Waals surface area (Å²) in [6.07, 6.45) is 0.762. The van der Waals surface area contributed by atoms with Crippen LogP contribution in [0.15, 0.2) is 103 Å². The van der Waals surface area contributed by atoms with Crippen molar-refractivity contribution < 1.29 is 18.7 Å². The molecular weight excluding hydrogens is 479 g/mol. The summed E-state index contributed by atoms with van der Waals surface area (Å²) in [5.41, 5.74) is 9.29. The van der Waals surface area contributed by atoms with Crippen LogP contribution in [0.5, 0.6) is 11.5 Å². The number of nitrogens with zero attached hydrogens (tertiary/aromatic N) is 1. The van der Waals surface area contributed by atoms with E-state index >= 15 is 0 Å². The Morgan fingerprint density at radius 3 is 2.08 bits per heavy atom. The minimum atomic E-state index is -0.516. The molecule has 0 aliphatic carbocycles. The quantitative estimate of drug-likeness (QED) is 0.222. The van der Waals surface area contributed by atoms with E-state index in [1.807, 2.05) is 24.3 Å². The van der Waals surface area contributed by atoms with E-state index in [4.69, 9.17) is 15.2 Å². The van der Waals surface area contributed by atoms with Crippen molar-refractivity contribution in [1.82, 2.24) is 4.90 Å². The van der Waals surface area contributed by atoms with Gasteiger partial charge in [0.1, 0.15) is 5.82 Å². The first-order chi connectivity index (χ1) is 18.5. The van der Waals surface area contributed by atoms with Gasteiger partial charge in [0.25, 0.3) is 0 Å². The molecular formula is C32H33FN2O3. The molecule has 6 heteroatoms. The zero-order valence-corrected chi connectivity index (χ0v) is 21.6. The second kappa shape index (κ2) is 13.4. The van der Waals surface area contributed by atoms with Gasteiger partial charge in [-0.1, -0.05) is 72.8 Å². The van der Waals surface area contributed by atoms with Crippen molar-refractivity contribution in [2.45, 2.75) is 18.9 Å². The highest BCUT2D eigenvalue weighted by Crippen LogP contribution is 2.29. The second-order valence-corrected chi connectivity index (χ2v) is 9.17. The van der Waals surface area contributed by atoms with Gasteiger partial charge < -0.3 is 15.2 Å². The maximum Gasteiger partial charge on any atom is 0.248 e. The molecule has 0 heterocycles. The topological polar surface area (TPSA) is 64.8 Å². The molecule has 4 rings (SSSR count). The molecule has 196 valence electrons. The monoisotopic (exact) mass is 512 g/mol. The number of rotatable bonds is 13. The number of ether oxygens (including phenoxy) is 2. The third-order valence-corrected chi connectivity index (χ3v) is 6.49. The van der Waals surface area contributed by atoms with Gasteiger partial charge in [0, 0.05) is 31.1 Å². The van der Waals surface area contributed by atoms with Crippen molar-refractivity contribution >= 4 is 5.91 Å². The Bertz CT molecular complexity index is 1260. The number of nitrogens with two attached hydrogens (primary N) is 1. The van der Waals surface area contributed by atoms with Crippen LogP contribution in [0.3, 0.4) is 0 Å². The van der Waals surface area contributed by atoms with E-state index in [1.165, 1.54) is 30.4 Å². The van der Waals surface area contributed by atoms with E-state index in [-0.39, 0.29) is 11.7 Å². The summed E-state index contributed by atoms with van der Waals surface area (Å²) < 4.78 is 24.9. The molecule has 0 atom stereocenters. The van der Waals surface area contributed by atoms with Gasteiger partial charge in [0.05, 0.1) is 13.7 Å². The number of methoxy groups -OCH3 is 1. The number of amides is 1. The Morgan fingerprint density at radius 2 is 1.50 bits per heavy atom. The molecule has 0 bridgehead atoms. The van der Waals surface area contributed by atoms with Gasteiger partial charge in [0.15, 0.2) is 11.5 Å². The fraction of sp³-hybridized carbons (Fsp3) is 0.219. The number of benzene rings is 4. The molecule has 0 saturated heterocycles. The lowest BCUT2D eigenvalue weighted by Crippen LogP contribution is -2.30. The minimum absolute atomic E-state index is 0.181. The van der Waals surface area contributed by atoms with Crippen molar-refractivity contribution in [1.29, 1.82) is 0 Å². The lowest BCUT2D eigenvalue weighted by Gasteiger charge is -2.28. The van der Waals surface area contributed by atoms with Crippen LogP contribution in [-0.4, -0.2) is 37.6 Å². The van der Waals surface area contributed by atoms with E-state index < -0.39 is 5.91 Å². The van der Waals surface area contributed by atoms with Gasteiger partial charge in [0.2, 0.25) is 5.91 Å². The Kier molecular flexibility index (Phi) is 9.48. The number of halogens is 1. The molecule has 4 aromatic rings. The van der Waals surface area contributed by atoms with Crippen LogP contribution in [0.1, 0.15) is 39.4 Å². The molecule has 1 amide bonds. The van der Waals surface area contributed by atoms with E-state index in [2.05, 4.69) is 53.4 Å². The van der Waals surface area contributed by atoms with E-state index in [0.29, 0.717) is 30.2 Å². The molecule has 0 saturated carbocycles. The molecule has 0 unspecified atom stereocenters. The average Bonchev–Trinajstić information content (AvgIpc) is 2.95. The number of carbonyl (C=O) groups excluding carboxylic acids is 1. The number of carbonyl (C=O) groups is 1. The minimum Gasteiger partial charge on any atom is -0.493 e. The Hall–Kier alpha value is -4.16. The molecule has 5 nitrogen and oxygen atoms in total. The summed E-state index contributed by atoms with van der Waals surface area (Å²) in [6, 6.07) is 32.6. The van der Waals surface area contributed by atoms with Crippen LogP contribution < -0.4 is 15.2 Å². The maximum absolute atomic E-state index is 13.6. The van der Waals surface area contributed by atoms with Crippen LogP contribution >= 0.6 is 0 Å². The van der Waals surface area contributed by atoms with Gasteiger partial charge in [-0.25, -0.2) is 4.39 Å². The van der Waals surface area contributed by atoms with Gasteiger partial charge >= 0.3 is 0 Å². The van der Waals surface area contributed by atoms with Crippen molar-refractivity contribution in [3.63, 3.8) is 0 Å². The summed E-state index contributed by atoms with van der Waals surface area (Å²) in [6.45, 7) is 2.72. The fourth-order valence-corrected chi connectivity index (χ4v) is 4.53. The Balaban J connectivity index is 1.48. The van der Waals surface area contributed by atoms with Crippen molar-refractivity contribution in [3.8, 4) is 11.5 Å². The highest BCUT2D eigenvalue weighted by atomic mass is 19.1. The number of primary amides is 1. The second-order valence-electron chi connectivity index (χ2n) is 9.17. The maximum atomic E-state index is 13.6. The average molecular weight is 513 g/mol. The molecule has 0 fully saturated rings. The van der Waals surface area contributed by atoms with Crippen molar-refractivity contribution in [3.05, 3.63) is 131 Å². The predicted molar refractivity (Wildman–Crippen MR) is 148 cm³/mol. The third kappa shape index (κ3) is 7.43. The van der Waals surface area contributed by atoms with Crippen LogP contribution in [0, 0.1) is 5.82 Å². The van der Waals surface area contributed by atoms with Crippen LogP contribution in [-0.2, 0) is 6.54 Å². The molecule has 2 N–H and O–H groups in total. The Labute approximate surface area is 223 Å². The standard InChI is InChI=1S/C32H33FN2O3/c1-37-31-21-27(32(34)36)15-18-30(31)38-20-8-19-35(22-24-13-16-28(33)17-14-24)23-29(25-9-4-2-5-10-25)26-11-6-3-7-12-26/h2-7,9-18,21,29H,8,19-20,22-23H2,1H3,(H2,34,36).